The Bertz CT molecular complexity index is 923. The first-order valence-corrected chi connectivity index (χ1v) is 9.31. The summed E-state index contributed by atoms with van der Waals surface area (Å²) in [4.78, 5) is 36.7. The molecule has 2 aromatic heterocycles. The van der Waals surface area contributed by atoms with Crippen molar-refractivity contribution in [1.82, 2.24) is 14.9 Å². The zero-order valence-electron chi connectivity index (χ0n) is 13.4. The number of aromatic nitrogens is 2. The Morgan fingerprint density at radius 3 is 2.58 bits per heavy atom. The zero-order chi connectivity index (χ0) is 18.5. The molecule has 0 radical (unpaired) electrons. The molecule has 3 N–H and O–H groups in total. The van der Waals surface area contributed by atoms with Crippen LogP contribution in [0.5, 0.6) is 0 Å². The maximum Gasteiger partial charge on any atom is 0.287 e. The first-order chi connectivity index (χ1) is 12.6. The van der Waals surface area contributed by atoms with Crippen LogP contribution in [0.4, 0.5) is 0 Å². The van der Waals surface area contributed by atoms with Crippen LogP contribution in [-0.4, -0.2) is 33.2 Å². The van der Waals surface area contributed by atoms with Crippen molar-refractivity contribution in [3.8, 4) is 10.4 Å². The van der Waals surface area contributed by atoms with E-state index >= 15 is 0 Å². The van der Waals surface area contributed by atoms with Crippen LogP contribution in [0.25, 0.3) is 10.4 Å². The molecule has 0 fully saturated rings. The van der Waals surface area contributed by atoms with Gasteiger partial charge in [0.25, 0.3) is 11.8 Å². The Labute approximate surface area is 157 Å². The lowest BCUT2D eigenvalue weighted by Crippen LogP contribution is -2.47. The molecule has 0 aliphatic heterocycles. The number of carbonyl (C=O) groups excluding carboxylic acids is 3. The highest BCUT2D eigenvalue weighted by Gasteiger charge is 2.28. The third-order valence-corrected chi connectivity index (χ3v) is 5.09. The van der Waals surface area contributed by atoms with E-state index in [2.05, 4.69) is 14.9 Å². The molecule has 0 saturated heterocycles. The smallest absolute Gasteiger partial charge is 0.287 e. The van der Waals surface area contributed by atoms with Crippen molar-refractivity contribution >= 4 is 40.5 Å². The summed E-state index contributed by atoms with van der Waals surface area (Å²) in [5.41, 5.74) is 6.87. The van der Waals surface area contributed by atoms with Crippen LogP contribution >= 0.6 is 22.9 Å². The summed E-state index contributed by atoms with van der Waals surface area (Å²) in [6.07, 6.45) is 0.152. The highest BCUT2D eigenvalue weighted by molar-refractivity contribution is 7.11. The van der Waals surface area contributed by atoms with Crippen LogP contribution in [0.15, 0.2) is 47.2 Å². The van der Waals surface area contributed by atoms with E-state index < -0.39 is 23.6 Å². The summed E-state index contributed by atoms with van der Waals surface area (Å²) >= 11 is 2.58. The lowest BCUT2D eigenvalue weighted by Gasteiger charge is -2.16. The monoisotopic (exact) mass is 386 g/mol. The maximum atomic E-state index is 12.6. The van der Waals surface area contributed by atoms with Crippen molar-refractivity contribution in [2.24, 2.45) is 5.73 Å². The molecule has 0 spiro atoms. The van der Waals surface area contributed by atoms with E-state index in [1.165, 1.54) is 11.3 Å². The molecule has 0 aliphatic carbocycles. The van der Waals surface area contributed by atoms with Crippen molar-refractivity contribution in [2.75, 3.05) is 0 Å². The average Bonchev–Trinajstić information content (AvgIpc) is 3.32. The molecule has 0 aliphatic rings. The number of hydrogen-bond donors (Lipinski definition) is 2. The van der Waals surface area contributed by atoms with Gasteiger partial charge in [-0.1, -0.05) is 34.8 Å². The van der Waals surface area contributed by atoms with Gasteiger partial charge < -0.3 is 11.1 Å². The third kappa shape index (κ3) is 4.01. The van der Waals surface area contributed by atoms with Crippen molar-refractivity contribution in [2.45, 2.75) is 12.5 Å². The molecule has 3 rings (SSSR count). The molecule has 1 unspecified atom stereocenters. The number of nitrogens with zero attached hydrogens (tertiary/aromatic N) is 2. The molecule has 0 saturated carbocycles. The van der Waals surface area contributed by atoms with E-state index in [0.29, 0.717) is 4.88 Å². The second-order valence-electron chi connectivity index (χ2n) is 5.41. The number of carbonyl (C=O) groups is 3. The van der Waals surface area contributed by atoms with Crippen LogP contribution in [-0.2, 0) is 16.0 Å². The lowest BCUT2D eigenvalue weighted by atomic mass is 10.0. The summed E-state index contributed by atoms with van der Waals surface area (Å²) in [7, 11) is 0. The molecule has 0 bridgehead atoms. The van der Waals surface area contributed by atoms with E-state index in [9.17, 15) is 14.4 Å². The van der Waals surface area contributed by atoms with Crippen LogP contribution in [0.2, 0.25) is 0 Å². The predicted molar refractivity (Wildman–Crippen MR) is 98.8 cm³/mol. The minimum Gasteiger partial charge on any atom is -0.363 e. The minimum atomic E-state index is -1.10. The number of hydrogen-bond acceptors (Lipinski definition) is 7. The molecule has 2 amide bonds. The van der Waals surface area contributed by atoms with Crippen LogP contribution in [0.3, 0.4) is 0 Å². The zero-order valence-corrected chi connectivity index (χ0v) is 15.0. The molecule has 1 atom stereocenters. The number of amides is 2. The second kappa shape index (κ2) is 7.98. The summed E-state index contributed by atoms with van der Waals surface area (Å²) in [6.45, 7) is 0. The molecule has 7 nitrogen and oxygen atoms in total. The number of Topliss-reactive ketones (excluding diaryl/α,β-unsaturated/α-hetero) is 1. The Hall–Kier alpha value is -2.91. The van der Waals surface area contributed by atoms with Crippen LogP contribution < -0.4 is 11.1 Å². The number of nitrogens with one attached hydrogen (secondary N) is 1. The maximum absolute atomic E-state index is 12.6. The van der Waals surface area contributed by atoms with E-state index in [1.54, 1.807) is 12.1 Å². The molecule has 132 valence electrons. The van der Waals surface area contributed by atoms with Crippen molar-refractivity contribution in [3.63, 3.8) is 0 Å². The Morgan fingerprint density at radius 1 is 1.15 bits per heavy atom. The van der Waals surface area contributed by atoms with E-state index in [0.717, 1.165) is 22.7 Å². The summed E-state index contributed by atoms with van der Waals surface area (Å²) in [5, 5.41) is 10.2. The van der Waals surface area contributed by atoms with Crippen molar-refractivity contribution < 1.29 is 14.4 Å². The largest absolute Gasteiger partial charge is 0.363 e. The van der Waals surface area contributed by atoms with Gasteiger partial charge >= 0.3 is 0 Å². The van der Waals surface area contributed by atoms with Gasteiger partial charge in [0.1, 0.15) is 6.04 Å². The molecule has 1 aromatic carbocycles. The number of thiophene rings is 1. The highest BCUT2D eigenvalue weighted by Crippen LogP contribution is 2.28. The number of ketones is 1. The molecule has 9 heteroatoms. The van der Waals surface area contributed by atoms with Gasteiger partial charge in [0.2, 0.25) is 5.78 Å². The normalized spacial score (nSPS) is 11.7. The second-order valence-corrected chi connectivity index (χ2v) is 6.94. The lowest BCUT2D eigenvalue weighted by molar-refractivity contribution is -0.137. The van der Waals surface area contributed by atoms with E-state index in [1.807, 2.05) is 35.0 Å². The standard InChI is InChI=1S/C17H14N4O3S2/c18-16(23)14(22)12(8-10-4-2-1-3-5-10)19-17(24)13-15(26-21-20-13)11-6-7-25-9-11/h1-7,9,12H,8H2,(H2,18,23)(H,19,24). The number of benzene rings is 1. The van der Waals surface area contributed by atoms with Crippen LogP contribution in [0.1, 0.15) is 16.1 Å². The first-order valence-electron chi connectivity index (χ1n) is 7.59. The van der Waals surface area contributed by atoms with Gasteiger partial charge in [-0.15, -0.1) is 5.10 Å². The molecule has 2 heterocycles. The predicted octanol–water partition coefficient (Wildman–Crippen LogP) is 1.66. The molecular formula is C17H14N4O3S2. The third-order valence-electron chi connectivity index (χ3n) is 3.63. The number of primary amides is 1. The van der Waals surface area contributed by atoms with Gasteiger partial charge in [0.05, 0.1) is 4.88 Å². The van der Waals surface area contributed by atoms with Gasteiger partial charge in [-0.25, -0.2) is 0 Å². The van der Waals surface area contributed by atoms with Crippen molar-refractivity contribution in [3.05, 3.63) is 58.4 Å². The van der Waals surface area contributed by atoms with Gasteiger partial charge in [-0.3, -0.25) is 14.4 Å². The molecule has 26 heavy (non-hydrogen) atoms. The number of rotatable bonds is 7. The average molecular weight is 386 g/mol. The minimum absolute atomic E-state index is 0.115. The Balaban J connectivity index is 1.83. The Kier molecular flexibility index (Phi) is 5.49. The SMILES string of the molecule is NC(=O)C(=O)C(Cc1ccccc1)NC(=O)c1nnsc1-c1ccsc1. The van der Waals surface area contributed by atoms with Gasteiger partial charge in [-0.2, -0.15) is 11.3 Å². The fourth-order valence-corrected chi connectivity index (χ4v) is 3.76. The van der Waals surface area contributed by atoms with Gasteiger partial charge in [0.15, 0.2) is 5.69 Å². The molecular weight excluding hydrogens is 372 g/mol. The first kappa shape index (κ1) is 17.9. The van der Waals surface area contributed by atoms with Crippen LogP contribution in [0, 0.1) is 0 Å². The van der Waals surface area contributed by atoms with Gasteiger partial charge in [-0.05, 0) is 33.9 Å². The fourth-order valence-electron chi connectivity index (χ4n) is 2.38. The molecule has 3 aromatic rings. The van der Waals surface area contributed by atoms with E-state index in [-0.39, 0.29) is 12.1 Å². The summed E-state index contributed by atoms with van der Waals surface area (Å²) in [5.74, 6) is -2.53. The van der Waals surface area contributed by atoms with Crippen molar-refractivity contribution in [1.29, 1.82) is 0 Å². The summed E-state index contributed by atoms with van der Waals surface area (Å²) in [6, 6.07) is 9.83. The van der Waals surface area contributed by atoms with Gasteiger partial charge in [0, 0.05) is 12.0 Å². The summed E-state index contributed by atoms with van der Waals surface area (Å²) < 4.78 is 3.83. The quantitative estimate of drug-likeness (QED) is 0.599. The van der Waals surface area contributed by atoms with E-state index in [4.69, 9.17) is 5.73 Å². The number of nitrogens with two attached hydrogens (primary N) is 1. The Morgan fingerprint density at radius 2 is 1.92 bits per heavy atom. The highest BCUT2D eigenvalue weighted by atomic mass is 32.1. The topological polar surface area (TPSA) is 115 Å². The fraction of sp³-hybridized carbons (Fsp3) is 0.118.